The van der Waals surface area contributed by atoms with Gasteiger partial charge in [0.15, 0.2) is 0 Å². The third kappa shape index (κ3) is 5.21. The number of carbonyl (C=O) groups is 3. The molecule has 114 valence electrons. The summed E-state index contributed by atoms with van der Waals surface area (Å²) in [4.78, 5) is 34.0. The van der Waals surface area contributed by atoms with Gasteiger partial charge in [-0.05, 0) is 47.2 Å². The topological polar surface area (TPSA) is 113 Å². The molecule has 0 aliphatic carbocycles. The molecule has 0 radical (unpaired) electrons. The number of nitrogens with one attached hydrogen (secondary N) is 1. The quantitative estimate of drug-likeness (QED) is 0.482. The molecular formula is C13H14INO6. The molecule has 0 spiro atoms. The summed E-state index contributed by atoms with van der Waals surface area (Å²) >= 11 is 1.90. The molecule has 1 aromatic rings. The lowest BCUT2D eigenvalue weighted by Crippen LogP contribution is -2.41. The number of rotatable bonds is 6. The standard InChI is InChI=1S/C13H14INO6/c1-21-11(17)5-4-9(13(19)20)15-12(18)7-2-3-8(14)10(16)6-7/h2-3,6,9,16H,4-5H2,1H3,(H,15,18)(H,19,20)/t9-/m0/s1. The van der Waals surface area contributed by atoms with Crippen LogP contribution in [0.25, 0.3) is 0 Å². The molecule has 0 unspecified atom stereocenters. The van der Waals surface area contributed by atoms with Crippen molar-refractivity contribution in [1.29, 1.82) is 0 Å². The van der Waals surface area contributed by atoms with Gasteiger partial charge in [-0.25, -0.2) is 4.79 Å². The van der Waals surface area contributed by atoms with E-state index in [4.69, 9.17) is 5.11 Å². The van der Waals surface area contributed by atoms with E-state index in [-0.39, 0.29) is 24.2 Å². The minimum absolute atomic E-state index is 0.0651. The molecule has 0 aliphatic heterocycles. The largest absolute Gasteiger partial charge is 0.507 e. The van der Waals surface area contributed by atoms with Crippen molar-refractivity contribution in [3.8, 4) is 5.75 Å². The maximum Gasteiger partial charge on any atom is 0.326 e. The molecule has 1 atom stereocenters. The van der Waals surface area contributed by atoms with E-state index in [1.54, 1.807) is 0 Å². The number of esters is 1. The number of carboxylic acids is 1. The molecule has 1 amide bonds. The molecule has 0 aliphatic rings. The van der Waals surface area contributed by atoms with Gasteiger partial charge >= 0.3 is 11.9 Å². The summed E-state index contributed by atoms with van der Waals surface area (Å²) in [5.74, 6) is -2.51. The second-order valence-corrected chi connectivity index (χ2v) is 5.31. The van der Waals surface area contributed by atoms with Crippen molar-refractivity contribution in [1.82, 2.24) is 5.32 Å². The number of amides is 1. The summed E-state index contributed by atoms with van der Waals surface area (Å²) in [5, 5.41) is 20.9. The van der Waals surface area contributed by atoms with Crippen molar-refractivity contribution in [2.24, 2.45) is 0 Å². The van der Waals surface area contributed by atoms with Crippen LogP contribution in [0.2, 0.25) is 0 Å². The zero-order valence-corrected chi connectivity index (χ0v) is 13.3. The normalized spacial score (nSPS) is 11.5. The van der Waals surface area contributed by atoms with Gasteiger partial charge in [-0.15, -0.1) is 0 Å². The minimum Gasteiger partial charge on any atom is -0.507 e. The Morgan fingerprint density at radius 1 is 1.38 bits per heavy atom. The van der Waals surface area contributed by atoms with Crippen molar-refractivity contribution in [3.05, 3.63) is 27.3 Å². The van der Waals surface area contributed by atoms with E-state index in [1.807, 2.05) is 22.6 Å². The number of phenols is 1. The SMILES string of the molecule is COC(=O)CC[C@H](NC(=O)c1ccc(I)c(O)c1)C(=O)O. The van der Waals surface area contributed by atoms with Gasteiger partial charge < -0.3 is 20.3 Å². The van der Waals surface area contributed by atoms with Crippen LogP contribution in [0.4, 0.5) is 0 Å². The third-order valence-electron chi connectivity index (χ3n) is 2.68. The number of benzene rings is 1. The lowest BCUT2D eigenvalue weighted by Gasteiger charge is -2.14. The van der Waals surface area contributed by atoms with Gasteiger partial charge in [0, 0.05) is 12.0 Å². The maximum atomic E-state index is 11.9. The molecule has 8 heteroatoms. The van der Waals surface area contributed by atoms with E-state index in [9.17, 15) is 19.5 Å². The third-order valence-corrected chi connectivity index (χ3v) is 3.59. The molecule has 7 nitrogen and oxygen atoms in total. The predicted octanol–water partition coefficient (Wildman–Crippen LogP) is 1.13. The van der Waals surface area contributed by atoms with Crippen molar-refractivity contribution >= 4 is 40.4 Å². The first-order valence-electron chi connectivity index (χ1n) is 5.94. The fraction of sp³-hybridized carbons (Fsp3) is 0.308. The average molecular weight is 407 g/mol. The summed E-state index contributed by atoms with van der Waals surface area (Å²) in [6, 6.07) is 3.04. The van der Waals surface area contributed by atoms with Crippen molar-refractivity contribution in [3.63, 3.8) is 0 Å². The molecule has 3 N–H and O–H groups in total. The van der Waals surface area contributed by atoms with Gasteiger partial charge in [-0.3, -0.25) is 9.59 Å². The van der Waals surface area contributed by atoms with Crippen molar-refractivity contribution < 1.29 is 29.3 Å². The highest BCUT2D eigenvalue weighted by molar-refractivity contribution is 14.1. The Bertz CT molecular complexity index is 560. The number of aliphatic carboxylic acids is 1. The highest BCUT2D eigenvalue weighted by Gasteiger charge is 2.22. The van der Waals surface area contributed by atoms with Gasteiger partial charge in [0.05, 0.1) is 10.7 Å². The highest BCUT2D eigenvalue weighted by atomic mass is 127. The summed E-state index contributed by atoms with van der Waals surface area (Å²) in [6.07, 6.45) is -0.199. The van der Waals surface area contributed by atoms with Crippen LogP contribution < -0.4 is 5.32 Å². The van der Waals surface area contributed by atoms with E-state index in [2.05, 4.69) is 10.1 Å². The van der Waals surface area contributed by atoms with Crippen LogP contribution in [-0.4, -0.2) is 41.2 Å². The van der Waals surface area contributed by atoms with Crippen LogP contribution in [0, 0.1) is 3.57 Å². The first kappa shape index (κ1) is 17.2. The maximum absolute atomic E-state index is 11.9. The Kier molecular flexibility index (Phi) is 6.40. The van der Waals surface area contributed by atoms with Crippen molar-refractivity contribution in [2.75, 3.05) is 7.11 Å². The molecule has 0 saturated carbocycles. The molecule has 21 heavy (non-hydrogen) atoms. The van der Waals surface area contributed by atoms with Gasteiger partial charge in [-0.2, -0.15) is 0 Å². The number of ether oxygens (including phenoxy) is 1. The summed E-state index contributed by atoms with van der Waals surface area (Å²) < 4.78 is 4.99. The molecule has 0 heterocycles. The number of halogens is 1. The van der Waals surface area contributed by atoms with E-state index in [1.165, 1.54) is 25.3 Å². The Hall–Kier alpha value is -1.84. The number of hydrogen-bond acceptors (Lipinski definition) is 5. The Morgan fingerprint density at radius 2 is 2.05 bits per heavy atom. The van der Waals surface area contributed by atoms with Crippen LogP contribution in [0.15, 0.2) is 18.2 Å². The number of aromatic hydroxyl groups is 1. The highest BCUT2D eigenvalue weighted by Crippen LogP contribution is 2.20. The fourth-order valence-corrected chi connectivity index (χ4v) is 1.85. The molecule has 1 aromatic carbocycles. The second kappa shape index (κ2) is 7.81. The van der Waals surface area contributed by atoms with Crippen LogP contribution >= 0.6 is 22.6 Å². The van der Waals surface area contributed by atoms with Crippen molar-refractivity contribution in [2.45, 2.75) is 18.9 Å². The zero-order chi connectivity index (χ0) is 16.0. The van der Waals surface area contributed by atoms with Crippen LogP contribution in [-0.2, 0) is 14.3 Å². The molecular weight excluding hydrogens is 393 g/mol. The van der Waals surface area contributed by atoms with Crippen LogP contribution in [0.5, 0.6) is 5.75 Å². The van der Waals surface area contributed by atoms with E-state index >= 15 is 0 Å². The molecule has 1 rings (SSSR count). The van der Waals surface area contributed by atoms with E-state index < -0.39 is 23.9 Å². The average Bonchev–Trinajstić information content (AvgIpc) is 2.45. The van der Waals surface area contributed by atoms with E-state index in [0.29, 0.717) is 3.57 Å². The summed E-state index contributed by atoms with van der Waals surface area (Å²) in [5.41, 5.74) is 0.136. The Balaban J connectivity index is 2.74. The van der Waals surface area contributed by atoms with E-state index in [0.717, 1.165) is 0 Å². The van der Waals surface area contributed by atoms with Gasteiger partial charge in [0.1, 0.15) is 11.8 Å². The number of methoxy groups -OCH3 is 1. The summed E-state index contributed by atoms with van der Waals surface area (Å²) in [6.45, 7) is 0. The first-order chi connectivity index (χ1) is 9.85. The van der Waals surface area contributed by atoms with Crippen LogP contribution in [0.3, 0.4) is 0 Å². The smallest absolute Gasteiger partial charge is 0.326 e. The Morgan fingerprint density at radius 3 is 2.57 bits per heavy atom. The number of phenolic OH excluding ortho intramolecular Hbond substituents is 1. The number of carbonyl (C=O) groups excluding carboxylic acids is 2. The zero-order valence-electron chi connectivity index (χ0n) is 11.1. The molecule has 0 fully saturated rings. The van der Waals surface area contributed by atoms with Gasteiger partial charge in [-0.1, -0.05) is 0 Å². The predicted molar refractivity (Wildman–Crippen MR) is 81.0 cm³/mol. The monoisotopic (exact) mass is 407 g/mol. The lowest BCUT2D eigenvalue weighted by molar-refractivity contribution is -0.142. The summed E-state index contributed by atoms with van der Waals surface area (Å²) in [7, 11) is 1.20. The number of hydrogen-bond donors (Lipinski definition) is 3. The number of carboxylic acid groups (broad SMARTS) is 1. The molecule has 0 aromatic heterocycles. The Labute approximate surface area is 134 Å². The lowest BCUT2D eigenvalue weighted by atomic mass is 10.1. The molecule has 0 bridgehead atoms. The second-order valence-electron chi connectivity index (χ2n) is 4.15. The fourth-order valence-electron chi connectivity index (χ4n) is 1.52. The van der Waals surface area contributed by atoms with Gasteiger partial charge in [0.25, 0.3) is 5.91 Å². The molecule has 0 saturated heterocycles. The minimum atomic E-state index is -1.25. The van der Waals surface area contributed by atoms with Gasteiger partial charge in [0.2, 0.25) is 0 Å². The first-order valence-corrected chi connectivity index (χ1v) is 7.02. The van der Waals surface area contributed by atoms with Crippen LogP contribution in [0.1, 0.15) is 23.2 Å².